The van der Waals surface area contributed by atoms with E-state index in [9.17, 15) is 13.6 Å². The van der Waals surface area contributed by atoms with Crippen molar-refractivity contribution >= 4 is 17.3 Å². The third-order valence-electron chi connectivity index (χ3n) is 4.35. The minimum atomic E-state index is -2.94. The van der Waals surface area contributed by atoms with E-state index in [0.717, 1.165) is 25.1 Å². The quantitative estimate of drug-likeness (QED) is 0.887. The fourth-order valence-electron chi connectivity index (χ4n) is 3.11. The van der Waals surface area contributed by atoms with Crippen molar-refractivity contribution in [1.29, 1.82) is 0 Å². The van der Waals surface area contributed by atoms with Crippen molar-refractivity contribution in [3.63, 3.8) is 0 Å². The molecular formula is C19H20F2N2O2. The summed E-state index contributed by atoms with van der Waals surface area (Å²) in [6, 6.07) is 13.8. The van der Waals surface area contributed by atoms with Gasteiger partial charge in [-0.1, -0.05) is 30.3 Å². The summed E-state index contributed by atoms with van der Waals surface area (Å²) < 4.78 is 29.5. The average Bonchev–Trinajstić information content (AvgIpc) is 2.62. The number of amides is 1. The minimum Gasteiger partial charge on any atom is -0.433 e. The molecule has 1 amide bonds. The van der Waals surface area contributed by atoms with E-state index in [0.29, 0.717) is 0 Å². The van der Waals surface area contributed by atoms with Gasteiger partial charge in [-0.25, -0.2) is 0 Å². The molecule has 1 atom stereocenters. The number of fused-ring (bicyclic) bond motifs is 1. The van der Waals surface area contributed by atoms with Crippen LogP contribution in [0.3, 0.4) is 0 Å². The zero-order valence-electron chi connectivity index (χ0n) is 13.9. The van der Waals surface area contributed by atoms with Crippen molar-refractivity contribution in [2.75, 3.05) is 16.8 Å². The summed E-state index contributed by atoms with van der Waals surface area (Å²) >= 11 is 0. The van der Waals surface area contributed by atoms with Gasteiger partial charge >= 0.3 is 6.61 Å². The van der Waals surface area contributed by atoms with Gasteiger partial charge in [0.2, 0.25) is 5.91 Å². The molecule has 1 unspecified atom stereocenters. The molecule has 0 radical (unpaired) electrons. The molecule has 1 aliphatic heterocycles. The van der Waals surface area contributed by atoms with Crippen molar-refractivity contribution in [1.82, 2.24) is 0 Å². The molecule has 0 aromatic heterocycles. The molecule has 1 aliphatic rings. The van der Waals surface area contributed by atoms with Gasteiger partial charge in [0, 0.05) is 12.2 Å². The molecule has 0 aliphatic carbocycles. The highest BCUT2D eigenvalue weighted by Gasteiger charge is 2.26. The van der Waals surface area contributed by atoms with Gasteiger partial charge in [0.15, 0.2) is 0 Å². The number of anilines is 2. The second kappa shape index (κ2) is 7.51. The molecule has 0 fully saturated rings. The number of carbonyl (C=O) groups is 1. The van der Waals surface area contributed by atoms with Gasteiger partial charge in [-0.15, -0.1) is 0 Å². The second-order valence-electron chi connectivity index (χ2n) is 5.97. The highest BCUT2D eigenvalue weighted by Crippen LogP contribution is 2.30. The van der Waals surface area contributed by atoms with Crippen molar-refractivity contribution in [2.45, 2.75) is 32.4 Å². The summed E-state index contributed by atoms with van der Waals surface area (Å²) in [5.74, 6) is -0.306. The van der Waals surface area contributed by atoms with Gasteiger partial charge in [0.05, 0.1) is 5.69 Å². The molecule has 0 saturated carbocycles. The van der Waals surface area contributed by atoms with Crippen molar-refractivity contribution in [3.05, 3.63) is 54.1 Å². The molecule has 0 bridgehead atoms. The first-order valence-electron chi connectivity index (χ1n) is 8.25. The Balaban J connectivity index is 1.76. The summed E-state index contributed by atoms with van der Waals surface area (Å²) in [7, 11) is 0. The number of alkyl halides is 2. The van der Waals surface area contributed by atoms with Gasteiger partial charge in [0.25, 0.3) is 0 Å². The van der Waals surface area contributed by atoms with E-state index in [4.69, 9.17) is 0 Å². The predicted molar refractivity (Wildman–Crippen MR) is 93.3 cm³/mol. The topological polar surface area (TPSA) is 41.6 Å². The minimum absolute atomic E-state index is 0.0444. The van der Waals surface area contributed by atoms with Crippen LogP contribution in [0.2, 0.25) is 0 Å². The average molecular weight is 346 g/mol. The molecule has 0 spiro atoms. The van der Waals surface area contributed by atoms with Gasteiger partial charge < -0.3 is 15.0 Å². The van der Waals surface area contributed by atoms with E-state index in [-0.39, 0.29) is 17.3 Å². The zero-order valence-corrected chi connectivity index (χ0v) is 13.9. The summed E-state index contributed by atoms with van der Waals surface area (Å²) in [6.45, 7) is -0.348. The fraction of sp³-hybridized carbons (Fsp3) is 0.316. The standard InChI is InChI=1S/C19H20F2N2O2/c1-13(23-12-6-8-14-7-2-4-10-16(14)23)18(24)22-15-9-3-5-11-17(15)25-19(20)21/h2-5,7,9-11,13,19H,6,8,12H2,1H3,(H,22,24). The van der Waals surface area contributed by atoms with Crippen LogP contribution in [-0.2, 0) is 11.2 Å². The molecular weight excluding hydrogens is 326 g/mol. The summed E-state index contributed by atoms with van der Waals surface area (Å²) in [5, 5.41) is 2.70. The van der Waals surface area contributed by atoms with Crippen molar-refractivity contribution in [2.24, 2.45) is 0 Å². The molecule has 3 rings (SSSR count). The Morgan fingerprint density at radius 2 is 1.88 bits per heavy atom. The van der Waals surface area contributed by atoms with E-state index in [1.54, 1.807) is 18.2 Å². The van der Waals surface area contributed by atoms with Crippen LogP contribution in [0.1, 0.15) is 18.9 Å². The SMILES string of the molecule is CC(C(=O)Nc1ccccc1OC(F)F)N1CCCc2ccccc21. The predicted octanol–water partition coefficient (Wildman–Crippen LogP) is 4.07. The number of hydrogen-bond donors (Lipinski definition) is 1. The molecule has 2 aromatic rings. The highest BCUT2D eigenvalue weighted by atomic mass is 19.3. The second-order valence-corrected chi connectivity index (χ2v) is 5.97. The lowest BCUT2D eigenvalue weighted by atomic mass is 10.00. The third-order valence-corrected chi connectivity index (χ3v) is 4.35. The van der Waals surface area contributed by atoms with E-state index in [2.05, 4.69) is 16.1 Å². The molecule has 1 N–H and O–H groups in total. The number of halogens is 2. The Bertz CT molecular complexity index is 752. The van der Waals surface area contributed by atoms with Crippen LogP contribution in [0.4, 0.5) is 20.2 Å². The summed E-state index contributed by atoms with van der Waals surface area (Å²) in [5.41, 5.74) is 2.51. The molecule has 1 heterocycles. The lowest BCUT2D eigenvalue weighted by Crippen LogP contribution is -2.44. The van der Waals surface area contributed by atoms with Crippen LogP contribution in [0.15, 0.2) is 48.5 Å². The number of nitrogens with one attached hydrogen (secondary N) is 1. The number of para-hydroxylation sites is 3. The number of rotatable bonds is 5. The number of nitrogens with zero attached hydrogens (tertiary/aromatic N) is 1. The normalized spacial score (nSPS) is 14.8. The van der Waals surface area contributed by atoms with E-state index in [1.807, 2.05) is 30.0 Å². The smallest absolute Gasteiger partial charge is 0.387 e. The number of ether oxygens (including phenoxy) is 1. The van der Waals surface area contributed by atoms with Gasteiger partial charge in [-0.2, -0.15) is 8.78 Å². The van der Waals surface area contributed by atoms with Gasteiger partial charge in [-0.05, 0) is 43.5 Å². The molecule has 4 nitrogen and oxygen atoms in total. The molecule has 0 saturated heterocycles. The Hall–Kier alpha value is -2.63. The first kappa shape index (κ1) is 17.2. The number of carbonyl (C=O) groups excluding carboxylic acids is 1. The lowest BCUT2D eigenvalue weighted by molar-refractivity contribution is -0.117. The number of aryl methyl sites for hydroxylation is 1. The molecule has 6 heteroatoms. The van der Waals surface area contributed by atoms with Crippen LogP contribution in [0.5, 0.6) is 5.75 Å². The van der Waals surface area contributed by atoms with Crippen molar-refractivity contribution < 1.29 is 18.3 Å². The fourth-order valence-corrected chi connectivity index (χ4v) is 3.11. The third kappa shape index (κ3) is 3.90. The number of benzene rings is 2. The maximum absolute atomic E-state index is 12.7. The Morgan fingerprint density at radius 3 is 2.68 bits per heavy atom. The monoisotopic (exact) mass is 346 g/mol. The van der Waals surface area contributed by atoms with Gasteiger partial charge in [-0.3, -0.25) is 4.79 Å². The van der Waals surface area contributed by atoms with Gasteiger partial charge in [0.1, 0.15) is 11.8 Å². The summed E-state index contributed by atoms with van der Waals surface area (Å²) in [6.07, 6.45) is 1.96. The molecule has 2 aromatic carbocycles. The first-order chi connectivity index (χ1) is 12.1. The summed E-state index contributed by atoms with van der Waals surface area (Å²) in [4.78, 5) is 14.7. The van der Waals surface area contributed by atoms with Crippen LogP contribution >= 0.6 is 0 Å². The molecule has 132 valence electrons. The van der Waals surface area contributed by atoms with Crippen LogP contribution in [0, 0.1) is 0 Å². The van der Waals surface area contributed by atoms with E-state index in [1.165, 1.54) is 11.6 Å². The maximum Gasteiger partial charge on any atom is 0.387 e. The maximum atomic E-state index is 12.7. The molecule has 25 heavy (non-hydrogen) atoms. The Kier molecular flexibility index (Phi) is 5.16. The number of hydrogen-bond acceptors (Lipinski definition) is 3. The zero-order chi connectivity index (χ0) is 17.8. The largest absolute Gasteiger partial charge is 0.433 e. The Labute approximate surface area is 145 Å². The van der Waals surface area contributed by atoms with E-state index >= 15 is 0 Å². The van der Waals surface area contributed by atoms with Crippen molar-refractivity contribution in [3.8, 4) is 5.75 Å². The lowest BCUT2D eigenvalue weighted by Gasteiger charge is -2.35. The van der Waals surface area contributed by atoms with Crippen LogP contribution in [0.25, 0.3) is 0 Å². The first-order valence-corrected chi connectivity index (χ1v) is 8.25. The highest BCUT2D eigenvalue weighted by molar-refractivity contribution is 5.98. The van der Waals surface area contributed by atoms with Crippen LogP contribution < -0.4 is 15.0 Å². The Morgan fingerprint density at radius 1 is 1.16 bits per heavy atom. The van der Waals surface area contributed by atoms with Crippen LogP contribution in [-0.4, -0.2) is 25.1 Å². The van der Waals surface area contributed by atoms with E-state index < -0.39 is 12.7 Å².